The molecule has 2 heterocycles. The Morgan fingerprint density at radius 1 is 1.06 bits per heavy atom. The summed E-state index contributed by atoms with van der Waals surface area (Å²) in [6, 6.07) is 16.9. The van der Waals surface area contributed by atoms with Gasteiger partial charge in [-0.15, -0.1) is 11.3 Å². The summed E-state index contributed by atoms with van der Waals surface area (Å²) < 4.78 is 47.9. The fourth-order valence-electron chi connectivity index (χ4n) is 3.58. The van der Waals surface area contributed by atoms with Crippen molar-refractivity contribution in [1.82, 2.24) is 10.6 Å². The summed E-state index contributed by atoms with van der Waals surface area (Å²) in [7, 11) is 0. The monoisotopic (exact) mass is 478 g/mol. The van der Waals surface area contributed by atoms with E-state index >= 15 is 0 Å². The van der Waals surface area contributed by atoms with E-state index in [1.807, 2.05) is 11.4 Å². The van der Waals surface area contributed by atoms with Gasteiger partial charge in [0.15, 0.2) is 10.9 Å². The standard InChI is InChI=1S/C22H17F3N2O3S2/c23-22(24,25)21(29)17(19(28)16-10-5-11-32-16)18(26-20(31)27-21)13-6-4-9-15(12-13)30-14-7-2-1-3-8-14/h1-12,17-18,29H,(H2,26,27,31). The second-order valence-electron chi connectivity index (χ2n) is 7.15. The molecule has 3 unspecified atom stereocenters. The van der Waals surface area contributed by atoms with Gasteiger partial charge in [-0.3, -0.25) is 4.79 Å². The summed E-state index contributed by atoms with van der Waals surface area (Å²) >= 11 is 5.95. The number of hydrogen-bond donors (Lipinski definition) is 3. The van der Waals surface area contributed by atoms with Crippen molar-refractivity contribution in [2.75, 3.05) is 0 Å². The number of hydrogen-bond acceptors (Lipinski definition) is 5. The van der Waals surface area contributed by atoms with Crippen LogP contribution in [0.1, 0.15) is 21.3 Å². The minimum absolute atomic E-state index is 0.0933. The van der Waals surface area contributed by atoms with E-state index in [0.717, 1.165) is 11.3 Å². The third-order valence-corrected chi connectivity index (χ3v) is 6.15. The average Bonchev–Trinajstić information content (AvgIpc) is 3.28. The second kappa shape index (κ2) is 8.53. The first-order valence-electron chi connectivity index (χ1n) is 9.47. The lowest BCUT2D eigenvalue weighted by molar-refractivity contribution is -0.285. The molecule has 1 aromatic heterocycles. The van der Waals surface area contributed by atoms with Gasteiger partial charge in [-0.1, -0.05) is 36.4 Å². The molecule has 1 saturated heterocycles. The van der Waals surface area contributed by atoms with Gasteiger partial charge in [0.25, 0.3) is 0 Å². The third kappa shape index (κ3) is 4.21. The van der Waals surface area contributed by atoms with Gasteiger partial charge in [-0.2, -0.15) is 13.2 Å². The van der Waals surface area contributed by atoms with E-state index < -0.39 is 34.8 Å². The molecule has 0 radical (unpaired) electrons. The van der Waals surface area contributed by atoms with Crippen molar-refractivity contribution >= 4 is 34.5 Å². The number of alkyl halides is 3. The van der Waals surface area contributed by atoms with E-state index in [1.54, 1.807) is 53.9 Å². The number of ketones is 1. The fourth-order valence-corrected chi connectivity index (χ4v) is 4.57. The highest BCUT2D eigenvalue weighted by Gasteiger charge is 2.65. The van der Waals surface area contributed by atoms with Gasteiger partial charge in [0.1, 0.15) is 17.4 Å². The number of carbonyl (C=O) groups is 1. The van der Waals surface area contributed by atoms with Crippen molar-refractivity contribution < 1.29 is 27.8 Å². The van der Waals surface area contributed by atoms with Crippen molar-refractivity contribution in [3.8, 4) is 11.5 Å². The number of nitrogens with one attached hydrogen (secondary N) is 2. The van der Waals surface area contributed by atoms with Crippen molar-refractivity contribution in [3.05, 3.63) is 82.6 Å². The van der Waals surface area contributed by atoms with Crippen LogP contribution in [0.5, 0.6) is 11.5 Å². The number of thiocarbonyl (C=S) groups is 1. The number of aliphatic hydroxyl groups is 1. The van der Waals surface area contributed by atoms with E-state index in [4.69, 9.17) is 17.0 Å². The molecule has 2 aromatic carbocycles. The van der Waals surface area contributed by atoms with E-state index in [1.165, 1.54) is 12.1 Å². The summed E-state index contributed by atoms with van der Waals surface area (Å²) in [5.41, 5.74) is -3.25. The molecule has 166 valence electrons. The molecule has 1 fully saturated rings. The molecule has 4 rings (SSSR count). The van der Waals surface area contributed by atoms with Crippen LogP contribution < -0.4 is 15.4 Å². The van der Waals surface area contributed by atoms with Crippen LogP contribution in [0.4, 0.5) is 13.2 Å². The van der Waals surface area contributed by atoms with Crippen LogP contribution in [-0.4, -0.2) is 27.9 Å². The van der Waals surface area contributed by atoms with Crippen LogP contribution in [0.25, 0.3) is 0 Å². The number of rotatable bonds is 5. The lowest BCUT2D eigenvalue weighted by Gasteiger charge is -2.46. The molecule has 3 N–H and O–H groups in total. The SMILES string of the molecule is O=C(c1cccs1)C1C(c2cccc(Oc3ccccc3)c2)NC(=S)NC1(O)C(F)(F)F. The predicted molar refractivity (Wildman–Crippen MR) is 118 cm³/mol. The maximum absolute atomic E-state index is 14.0. The molecule has 1 aliphatic heterocycles. The van der Waals surface area contributed by atoms with Crippen molar-refractivity contribution in [3.63, 3.8) is 0 Å². The summed E-state index contributed by atoms with van der Waals surface area (Å²) in [4.78, 5) is 13.3. The first-order chi connectivity index (χ1) is 15.2. The normalized spacial score (nSPS) is 23.2. The molecule has 3 atom stereocenters. The smallest absolute Gasteiger partial charge is 0.437 e. The number of halogens is 3. The summed E-state index contributed by atoms with van der Waals surface area (Å²) in [5, 5.41) is 16.5. The Bertz CT molecular complexity index is 1120. The number of benzene rings is 2. The number of para-hydroxylation sites is 1. The molecule has 32 heavy (non-hydrogen) atoms. The molecule has 0 saturated carbocycles. The first-order valence-corrected chi connectivity index (χ1v) is 10.8. The highest BCUT2D eigenvalue weighted by atomic mass is 32.1. The van der Waals surface area contributed by atoms with Crippen LogP contribution in [0.2, 0.25) is 0 Å². The molecule has 0 amide bonds. The summed E-state index contributed by atoms with van der Waals surface area (Å²) in [6.45, 7) is 0. The molecule has 5 nitrogen and oxygen atoms in total. The molecular formula is C22H17F3N2O3S2. The van der Waals surface area contributed by atoms with E-state index in [-0.39, 0.29) is 4.88 Å². The van der Waals surface area contributed by atoms with Crippen molar-refractivity contribution in [2.45, 2.75) is 17.9 Å². The molecule has 0 bridgehead atoms. The maximum atomic E-state index is 14.0. The van der Waals surface area contributed by atoms with Crippen LogP contribution in [0.3, 0.4) is 0 Å². The number of carbonyl (C=O) groups excluding carboxylic acids is 1. The van der Waals surface area contributed by atoms with Crippen LogP contribution in [-0.2, 0) is 0 Å². The lowest BCUT2D eigenvalue weighted by Crippen LogP contribution is -2.72. The van der Waals surface area contributed by atoms with Gasteiger partial charge in [0.05, 0.1) is 10.9 Å². The van der Waals surface area contributed by atoms with Crippen molar-refractivity contribution in [2.24, 2.45) is 5.92 Å². The van der Waals surface area contributed by atoms with E-state index in [9.17, 15) is 23.1 Å². The fraction of sp³-hybridized carbons (Fsp3) is 0.182. The third-order valence-electron chi connectivity index (χ3n) is 5.05. The highest BCUT2D eigenvalue weighted by molar-refractivity contribution is 7.80. The Kier molecular flexibility index (Phi) is 5.93. The largest absolute Gasteiger partial charge is 0.457 e. The van der Waals surface area contributed by atoms with E-state index in [2.05, 4.69) is 5.32 Å². The zero-order valence-electron chi connectivity index (χ0n) is 16.3. The highest BCUT2D eigenvalue weighted by Crippen LogP contribution is 2.44. The molecule has 0 spiro atoms. The molecule has 1 aliphatic rings. The van der Waals surface area contributed by atoms with Gasteiger partial charge in [-0.05, 0) is 53.5 Å². The minimum Gasteiger partial charge on any atom is -0.457 e. The van der Waals surface area contributed by atoms with Crippen LogP contribution in [0, 0.1) is 5.92 Å². The Balaban J connectivity index is 1.77. The summed E-state index contributed by atoms with van der Waals surface area (Å²) in [5.74, 6) is -1.91. The number of Topliss-reactive ketones (excluding diaryl/α,β-unsaturated/α-hetero) is 1. The van der Waals surface area contributed by atoms with Crippen LogP contribution in [0.15, 0.2) is 72.1 Å². The van der Waals surface area contributed by atoms with Gasteiger partial charge in [0, 0.05) is 0 Å². The minimum atomic E-state index is -5.17. The zero-order valence-corrected chi connectivity index (χ0v) is 17.9. The number of ether oxygens (including phenoxy) is 1. The maximum Gasteiger partial charge on any atom is 0.437 e. The van der Waals surface area contributed by atoms with Gasteiger partial charge < -0.3 is 20.5 Å². The topological polar surface area (TPSA) is 70.6 Å². The quantitative estimate of drug-likeness (QED) is 0.361. The van der Waals surface area contributed by atoms with Gasteiger partial charge in [0.2, 0.25) is 5.72 Å². The molecule has 10 heteroatoms. The van der Waals surface area contributed by atoms with Gasteiger partial charge >= 0.3 is 6.18 Å². The first kappa shape index (κ1) is 22.3. The Morgan fingerprint density at radius 3 is 2.44 bits per heavy atom. The molecular weight excluding hydrogens is 461 g/mol. The number of thiophene rings is 1. The molecule has 0 aliphatic carbocycles. The van der Waals surface area contributed by atoms with Crippen LogP contribution >= 0.6 is 23.6 Å². The second-order valence-corrected chi connectivity index (χ2v) is 8.50. The Morgan fingerprint density at radius 2 is 1.78 bits per heavy atom. The lowest BCUT2D eigenvalue weighted by atomic mass is 9.78. The van der Waals surface area contributed by atoms with E-state index in [0.29, 0.717) is 17.1 Å². The Hall–Kier alpha value is -2.95. The Labute approximate surface area is 190 Å². The molecule has 3 aromatic rings. The summed E-state index contributed by atoms with van der Waals surface area (Å²) in [6.07, 6.45) is -5.17. The zero-order chi connectivity index (χ0) is 22.9. The average molecular weight is 479 g/mol. The predicted octanol–water partition coefficient (Wildman–Crippen LogP) is 4.81. The van der Waals surface area contributed by atoms with Gasteiger partial charge in [-0.25, -0.2) is 0 Å². The van der Waals surface area contributed by atoms with Crippen molar-refractivity contribution in [1.29, 1.82) is 0 Å².